The van der Waals surface area contributed by atoms with Gasteiger partial charge in [-0.1, -0.05) is 34.1 Å². The number of benzene rings is 2. The second-order valence-electron chi connectivity index (χ2n) is 3.39. The van der Waals surface area contributed by atoms with E-state index in [9.17, 15) is 0 Å². The molecule has 2 aromatic rings. The molecule has 84 valence electrons. The molecule has 2 aromatic carbocycles. The van der Waals surface area contributed by atoms with Crippen molar-refractivity contribution < 1.29 is 0 Å². The second-order valence-corrected chi connectivity index (χ2v) is 4.86. The fraction of sp³-hybridized carbons (Fsp3) is 0.0909. The highest BCUT2D eigenvalue weighted by molar-refractivity contribution is 9.10. The van der Waals surface area contributed by atoms with Crippen LogP contribution in [0.3, 0.4) is 0 Å². The Morgan fingerprint density at radius 2 is 2.06 bits per heavy atom. The van der Waals surface area contributed by atoms with Crippen LogP contribution in [0, 0.1) is 0 Å². The van der Waals surface area contributed by atoms with Gasteiger partial charge in [-0.05, 0) is 23.6 Å². The van der Waals surface area contributed by atoms with E-state index in [4.69, 9.17) is 5.73 Å². The smallest absolute Gasteiger partial charge is 0.117 e. The van der Waals surface area contributed by atoms with Gasteiger partial charge in [-0.25, -0.2) is 5.43 Å². The summed E-state index contributed by atoms with van der Waals surface area (Å²) < 4.78 is 1.05. The molecule has 0 aliphatic heterocycles. The van der Waals surface area contributed by atoms with Crippen molar-refractivity contribution in [2.24, 2.45) is 5.73 Å². The van der Waals surface area contributed by atoms with Crippen LogP contribution in [0.25, 0.3) is 10.8 Å². The molecule has 0 spiro atoms. The van der Waals surface area contributed by atoms with E-state index in [-0.39, 0.29) is 0 Å². The van der Waals surface area contributed by atoms with Crippen LogP contribution in [0.15, 0.2) is 40.9 Å². The predicted octanol–water partition coefficient (Wildman–Crippen LogP) is 2.69. The van der Waals surface area contributed by atoms with Crippen molar-refractivity contribution in [3.05, 3.63) is 40.9 Å². The Bertz CT molecular complexity index is 502. The largest absolute Gasteiger partial charge is 0.319 e. The molecule has 0 saturated carbocycles. The standard InChI is InChI=1S/C11H12BrN3S/c12-8-5-4-7-2-1-3-10(9(7)6-8)14-15-11(13)16/h1-6,11,14-16H,13H2. The average molecular weight is 298 g/mol. The quantitative estimate of drug-likeness (QED) is 0.400. The van der Waals surface area contributed by atoms with E-state index in [1.165, 1.54) is 5.39 Å². The molecule has 0 aliphatic rings. The van der Waals surface area contributed by atoms with Crippen LogP contribution in [0.4, 0.5) is 5.69 Å². The topological polar surface area (TPSA) is 50.1 Å². The summed E-state index contributed by atoms with van der Waals surface area (Å²) in [6.07, 6.45) is 0. The summed E-state index contributed by atoms with van der Waals surface area (Å²) in [6, 6.07) is 12.2. The van der Waals surface area contributed by atoms with Crippen LogP contribution in [0.5, 0.6) is 0 Å². The van der Waals surface area contributed by atoms with Crippen LogP contribution in [0.2, 0.25) is 0 Å². The normalized spacial score (nSPS) is 12.7. The molecule has 2 rings (SSSR count). The van der Waals surface area contributed by atoms with Crippen molar-refractivity contribution in [2.75, 3.05) is 5.43 Å². The molecule has 0 aromatic heterocycles. The first kappa shape index (κ1) is 11.7. The summed E-state index contributed by atoms with van der Waals surface area (Å²) in [6.45, 7) is 0. The first-order valence-electron chi connectivity index (χ1n) is 4.80. The van der Waals surface area contributed by atoms with Crippen molar-refractivity contribution in [3.63, 3.8) is 0 Å². The van der Waals surface area contributed by atoms with E-state index in [1.54, 1.807) is 0 Å². The van der Waals surface area contributed by atoms with Gasteiger partial charge in [0.2, 0.25) is 0 Å². The van der Waals surface area contributed by atoms with Gasteiger partial charge in [0.1, 0.15) is 5.50 Å². The third-order valence-corrected chi connectivity index (χ3v) is 2.82. The summed E-state index contributed by atoms with van der Waals surface area (Å²) in [4.78, 5) is 0. The molecular formula is C11H12BrN3S. The van der Waals surface area contributed by atoms with Gasteiger partial charge in [0, 0.05) is 9.86 Å². The molecule has 0 saturated heterocycles. The van der Waals surface area contributed by atoms with Gasteiger partial charge < -0.3 is 11.2 Å². The molecule has 1 unspecified atom stereocenters. The number of hydrogen-bond acceptors (Lipinski definition) is 4. The van der Waals surface area contributed by atoms with E-state index >= 15 is 0 Å². The van der Waals surface area contributed by atoms with Gasteiger partial charge in [-0.3, -0.25) is 0 Å². The van der Waals surface area contributed by atoms with E-state index in [2.05, 4.69) is 57.6 Å². The van der Waals surface area contributed by atoms with Crippen molar-refractivity contribution in [1.29, 1.82) is 0 Å². The number of hydrogen-bond donors (Lipinski definition) is 4. The minimum atomic E-state index is -0.401. The predicted molar refractivity (Wildman–Crippen MR) is 75.4 cm³/mol. The van der Waals surface area contributed by atoms with Crippen LogP contribution >= 0.6 is 28.6 Å². The molecule has 0 amide bonds. The molecular weight excluding hydrogens is 286 g/mol. The molecule has 0 aliphatic carbocycles. The van der Waals surface area contributed by atoms with Crippen LogP contribution in [-0.2, 0) is 0 Å². The number of nitrogens with two attached hydrogens (primary N) is 1. The van der Waals surface area contributed by atoms with Gasteiger partial charge in [-0.15, -0.1) is 12.6 Å². The number of halogens is 1. The number of hydrazine groups is 1. The summed E-state index contributed by atoms with van der Waals surface area (Å²) in [7, 11) is 0. The Labute approximate surface area is 108 Å². The molecule has 4 N–H and O–H groups in total. The van der Waals surface area contributed by atoms with Crippen molar-refractivity contribution >= 4 is 45.0 Å². The van der Waals surface area contributed by atoms with E-state index in [1.807, 2.05) is 18.2 Å². The maximum atomic E-state index is 5.50. The molecule has 0 heterocycles. The molecule has 0 radical (unpaired) electrons. The molecule has 0 fully saturated rings. The molecule has 0 bridgehead atoms. The first-order valence-corrected chi connectivity index (χ1v) is 6.11. The zero-order chi connectivity index (χ0) is 11.5. The lowest BCUT2D eigenvalue weighted by molar-refractivity contribution is 0.769. The third kappa shape index (κ3) is 2.68. The Hall–Kier alpha value is -0.750. The summed E-state index contributed by atoms with van der Waals surface area (Å²) >= 11 is 7.50. The Balaban J connectivity index is 2.40. The Kier molecular flexibility index (Phi) is 3.70. The fourth-order valence-corrected chi connectivity index (χ4v) is 1.93. The number of fused-ring (bicyclic) bond motifs is 1. The third-order valence-electron chi connectivity index (χ3n) is 2.20. The molecule has 5 heteroatoms. The molecule has 16 heavy (non-hydrogen) atoms. The number of anilines is 1. The number of thiol groups is 1. The van der Waals surface area contributed by atoms with Crippen LogP contribution in [0.1, 0.15) is 0 Å². The summed E-state index contributed by atoms with van der Waals surface area (Å²) in [5, 5.41) is 2.29. The highest BCUT2D eigenvalue weighted by atomic mass is 79.9. The zero-order valence-electron chi connectivity index (χ0n) is 8.44. The maximum absolute atomic E-state index is 5.50. The minimum Gasteiger partial charge on any atom is -0.319 e. The summed E-state index contributed by atoms with van der Waals surface area (Å²) in [5.74, 6) is 0. The lowest BCUT2D eigenvalue weighted by Crippen LogP contribution is -2.36. The lowest BCUT2D eigenvalue weighted by Gasteiger charge is -2.13. The Morgan fingerprint density at radius 3 is 2.81 bits per heavy atom. The van der Waals surface area contributed by atoms with Crippen LogP contribution < -0.4 is 16.6 Å². The fourth-order valence-electron chi connectivity index (χ4n) is 1.51. The highest BCUT2D eigenvalue weighted by Crippen LogP contribution is 2.26. The van der Waals surface area contributed by atoms with Crippen molar-refractivity contribution in [3.8, 4) is 0 Å². The van der Waals surface area contributed by atoms with E-state index < -0.39 is 5.50 Å². The molecule has 1 atom stereocenters. The van der Waals surface area contributed by atoms with Gasteiger partial charge in [-0.2, -0.15) is 0 Å². The van der Waals surface area contributed by atoms with Gasteiger partial charge >= 0.3 is 0 Å². The number of nitrogens with one attached hydrogen (secondary N) is 2. The zero-order valence-corrected chi connectivity index (χ0v) is 10.9. The first-order chi connectivity index (χ1) is 7.66. The molecule has 3 nitrogen and oxygen atoms in total. The monoisotopic (exact) mass is 297 g/mol. The van der Waals surface area contributed by atoms with Crippen LogP contribution in [-0.4, -0.2) is 5.50 Å². The Morgan fingerprint density at radius 1 is 1.25 bits per heavy atom. The second kappa shape index (κ2) is 5.05. The van der Waals surface area contributed by atoms with Gasteiger partial charge in [0.05, 0.1) is 5.69 Å². The lowest BCUT2D eigenvalue weighted by atomic mass is 10.1. The number of rotatable bonds is 3. The highest BCUT2D eigenvalue weighted by Gasteiger charge is 2.01. The van der Waals surface area contributed by atoms with E-state index in [0.29, 0.717) is 0 Å². The van der Waals surface area contributed by atoms with Crippen molar-refractivity contribution in [2.45, 2.75) is 5.50 Å². The van der Waals surface area contributed by atoms with Gasteiger partial charge in [0.15, 0.2) is 0 Å². The summed E-state index contributed by atoms with van der Waals surface area (Å²) in [5.41, 5.74) is 12.0. The SMILES string of the molecule is NC(S)NNc1cccc2ccc(Br)cc12. The van der Waals surface area contributed by atoms with E-state index in [0.717, 1.165) is 15.5 Å². The minimum absolute atomic E-state index is 0.401. The van der Waals surface area contributed by atoms with Crippen molar-refractivity contribution in [1.82, 2.24) is 5.43 Å². The maximum Gasteiger partial charge on any atom is 0.117 e. The average Bonchev–Trinajstić information content (AvgIpc) is 2.26. The van der Waals surface area contributed by atoms with Gasteiger partial charge in [0.25, 0.3) is 0 Å².